The zero-order valence-corrected chi connectivity index (χ0v) is 58.1. The Morgan fingerprint density at radius 3 is 0.705 bits per heavy atom. The monoisotopic (exact) mass is 1160 g/mol. The third-order valence-corrected chi connectivity index (χ3v) is 18.9. The first-order valence-corrected chi connectivity index (χ1v) is 32.6. The van der Waals surface area contributed by atoms with Gasteiger partial charge in [0.2, 0.25) is 0 Å². The zero-order chi connectivity index (χ0) is 64.0. The highest BCUT2D eigenvalue weighted by molar-refractivity contribution is 6.11. The number of para-hydroxylation sites is 2. The molecule has 0 N–H and O–H groups in total. The average molecular weight is 1160 g/mol. The SMILES string of the molecule is CC(C)(C)c1cc(-c2c(-c3cc(C(C)(C)C)cc(C(C)(C)C)c3)n(-c3ccc4c(ccc5cc(-n6c(-c7cc(C(C)(C)C)cc(C(C)(C)C)c7)c(-c7cc(C(C)(C)C)cc(C(C)(C)C)c7)c7ccccc76)ccc54)c3)c3ccccc23)cc(C(C)(C)C)c1. The molecule has 0 atom stereocenters. The van der Waals surface area contributed by atoms with Gasteiger partial charge in [-0.15, -0.1) is 0 Å². The predicted octanol–water partition coefficient (Wildman–Crippen LogP) is 24.9. The van der Waals surface area contributed by atoms with Gasteiger partial charge in [0.1, 0.15) is 0 Å². The molecule has 0 unspecified atom stereocenters. The largest absolute Gasteiger partial charge is 0.309 e. The molecule has 0 bridgehead atoms. The third-order valence-electron chi connectivity index (χ3n) is 18.9. The number of aromatic nitrogens is 2. The second-order valence-electron chi connectivity index (χ2n) is 34.2. The lowest BCUT2D eigenvalue weighted by Gasteiger charge is -2.28. The molecule has 2 heterocycles. The number of hydrogen-bond acceptors (Lipinski definition) is 0. The summed E-state index contributed by atoms with van der Waals surface area (Å²) in [6.45, 7) is 56.5. The Hall–Kier alpha value is -7.42. The summed E-state index contributed by atoms with van der Waals surface area (Å²) in [6.07, 6.45) is 0. The van der Waals surface area contributed by atoms with Crippen LogP contribution in [0.15, 0.2) is 170 Å². The maximum atomic E-state index is 2.59. The first-order valence-electron chi connectivity index (χ1n) is 32.6. The van der Waals surface area contributed by atoms with Crippen molar-refractivity contribution >= 4 is 43.4 Å². The Balaban J connectivity index is 1.18. The minimum absolute atomic E-state index is 0.0494. The van der Waals surface area contributed by atoms with Gasteiger partial charge in [-0.2, -0.15) is 0 Å². The van der Waals surface area contributed by atoms with Crippen molar-refractivity contribution in [2.75, 3.05) is 0 Å². The lowest BCUT2D eigenvalue weighted by molar-refractivity contribution is 0.568. The first kappa shape index (κ1) is 62.2. The highest BCUT2D eigenvalue weighted by Gasteiger charge is 2.32. The van der Waals surface area contributed by atoms with Crippen molar-refractivity contribution in [1.29, 1.82) is 0 Å². The molecule has 0 saturated carbocycles. The van der Waals surface area contributed by atoms with Crippen LogP contribution in [0.3, 0.4) is 0 Å². The van der Waals surface area contributed by atoms with Gasteiger partial charge in [0.25, 0.3) is 0 Å². The van der Waals surface area contributed by atoms with E-state index >= 15 is 0 Å². The number of fused-ring (bicyclic) bond motifs is 5. The van der Waals surface area contributed by atoms with Crippen molar-refractivity contribution in [3.05, 3.63) is 214 Å². The molecule has 454 valence electrons. The van der Waals surface area contributed by atoms with Crippen LogP contribution in [-0.2, 0) is 43.3 Å². The molecule has 0 aliphatic carbocycles. The summed E-state index contributed by atoms with van der Waals surface area (Å²) in [7, 11) is 0. The summed E-state index contributed by atoms with van der Waals surface area (Å²) in [4.78, 5) is 0. The molecule has 0 spiro atoms. The molecule has 0 saturated heterocycles. The molecule has 2 aromatic heterocycles. The summed E-state index contributed by atoms with van der Waals surface area (Å²) in [5.74, 6) is 0. The number of benzene rings is 9. The summed E-state index contributed by atoms with van der Waals surface area (Å²) >= 11 is 0. The van der Waals surface area contributed by atoms with Crippen LogP contribution < -0.4 is 0 Å². The number of nitrogens with zero attached hydrogens (tertiary/aromatic N) is 2. The fraction of sp³-hybridized carbons (Fsp3) is 0.372. The summed E-state index contributed by atoms with van der Waals surface area (Å²) in [6, 6.07) is 67.2. The molecular formula is C86H100N2. The van der Waals surface area contributed by atoms with Crippen LogP contribution in [0.2, 0.25) is 0 Å². The quantitative estimate of drug-likeness (QED) is 0.147. The average Bonchev–Trinajstić information content (AvgIpc) is 2.15. The van der Waals surface area contributed by atoms with Crippen molar-refractivity contribution < 1.29 is 0 Å². The third kappa shape index (κ3) is 11.6. The van der Waals surface area contributed by atoms with Gasteiger partial charge in [-0.25, -0.2) is 0 Å². The van der Waals surface area contributed by atoms with Gasteiger partial charge in [0.15, 0.2) is 0 Å². The van der Waals surface area contributed by atoms with Crippen molar-refractivity contribution in [3.63, 3.8) is 0 Å². The molecule has 0 aliphatic rings. The zero-order valence-electron chi connectivity index (χ0n) is 58.1. The van der Waals surface area contributed by atoms with E-state index in [4.69, 9.17) is 0 Å². The number of hydrogen-bond donors (Lipinski definition) is 0. The van der Waals surface area contributed by atoms with Crippen LogP contribution in [0.1, 0.15) is 211 Å². The Kier molecular flexibility index (Phi) is 14.9. The van der Waals surface area contributed by atoms with Crippen molar-refractivity contribution in [1.82, 2.24) is 9.13 Å². The highest BCUT2D eigenvalue weighted by atomic mass is 15.0. The van der Waals surface area contributed by atoms with Gasteiger partial charge in [0.05, 0.1) is 22.4 Å². The Bertz CT molecular complexity index is 4120. The van der Waals surface area contributed by atoms with E-state index in [9.17, 15) is 0 Å². The van der Waals surface area contributed by atoms with E-state index in [-0.39, 0.29) is 43.3 Å². The van der Waals surface area contributed by atoms with Gasteiger partial charge >= 0.3 is 0 Å². The van der Waals surface area contributed by atoms with Crippen LogP contribution in [0, 0.1) is 0 Å². The minimum Gasteiger partial charge on any atom is -0.309 e. The second-order valence-corrected chi connectivity index (χ2v) is 34.2. The summed E-state index contributed by atoms with van der Waals surface area (Å²) in [5, 5.41) is 7.41. The maximum Gasteiger partial charge on any atom is 0.0619 e. The molecule has 11 aromatic rings. The Morgan fingerprint density at radius 1 is 0.216 bits per heavy atom. The standard InChI is InChI=1S/C86H100N2/c1-79(2,3)59-39-55(40-60(49-59)80(4,5)6)75-71-29-25-27-31-73(71)87(77(75)57-43-63(83(13,14)15)51-64(44-57)84(16,17)18)67-35-37-69-53(47-67)33-34-54-48-68(36-38-70(54)69)88-74-32-28-26-30-72(74)76(56-41-61(81(7,8)9)50-62(42-56)82(10,11)12)78(88)58-45-65(85(19,20)21)52-66(46-58)86(22,23)24/h25-52H,1-24H3. The van der Waals surface area contributed by atoms with Crippen molar-refractivity contribution in [2.24, 2.45) is 0 Å². The lowest BCUT2D eigenvalue weighted by atomic mass is 9.77. The molecule has 9 aromatic carbocycles. The van der Waals surface area contributed by atoms with E-state index in [2.05, 4.69) is 345 Å². The molecule has 0 aliphatic heterocycles. The number of rotatable bonds is 6. The van der Waals surface area contributed by atoms with Crippen LogP contribution in [0.4, 0.5) is 0 Å². The normalized spacial score (nSPS) is 13.5. The van der Waals surface area contributed by atoms with Gasteiger partial charge in [-0.05, 0) is 192 Å². The van der Waals surface area contributed by atoms with Crippen LogP contribution in [0.5, 0.6) is 0 Å². The van der Waals surface area contributed by atoms with Gasteiger partial charge in [-0.1, -0.05) is 275 Å². The maximum absolute atomic E-state index is 2.59. The van der Waals surface area contributed by atoms with Gasteiger partial charge in [-0.3, -0.25) is 0 Å². The smallest absolute Gasteiger partial charge is 0.0619 e. The first-order chi connectivity index (χ1) is 40.7. The predicted molar refractivity (Wildman–Crippen MR) is 386 cm³/mol. The molecule has 11 rings (SSSR count). The highest BCUT2D eigenvalue weighted by Crippen LogP contribution is 2.50. The van der Waals surface area contributed by atoms with Crippen LogP contribution in [0.25, 0.3) is 99.5 Å². The molecule has 88 heavy (non-hydrogen) atoms. The Labute approximate surface area is 529 Å². The van der Waals surface area contributed by atoms with Gasteiger partial charge in [0, 0.05) is 33.3 Å². The lowest BCUT2D eigenvalue weighted by Crippen LogP contribution is -2.17. The van der Waals surface area contributed by atoms with Crippen LogP contribution >= 0.6 is 0 Å². The minimum atomic E-state index is -0.0674. The molecule has 2 heteroatoms. The van der Waals surface area contributed by atoms with E-state index in [1.54, 1.807) is 0 Å². The van der Waals surface area contributed by atoms with Gasteiger partial charge < -0.3 is 9.13 Å². The molecular weight excluding hydrogens is 1060 g/mol. The summed E-state index contributed by atoms with van der Waals surface area (Å²) < 4.78 is 5.17. The van der Waals surface area contributed by atoms with E-state index in [1.807, 2.05) is 0 Å². The molecule has 2 nitrogen and oxygen atoms in total. The molecule has 0 fully saturated rings. The fourth-order valence-electron chi connectivity index (χ4n) is 13.0. The van der Waals surface area contributed by atoms with E-state index in [0.29, 0.717) is 0 Å². The Morgan fingerprint density at radius 2 is 0.455 bits per heavy atom. The fourth-order valence-corrected chi connectivity index (χ4v) is 13.0. The molecule has 0 radical (unpaired) electrons. The molecule has 0 amide bonds. The van der Waals surface area contributed by atoms with E-state index in [1.165, 1.54) is 133 Å². The van der Waals surface area contributed by atoms with Crippen molar-refractivity contribution in [2.45, 2.75) is 209 Å². The topological polar surface area (TPSA) is 9.86 Å². The van der Waals surface area contributed by atoms with Crippen LogP contribution in [-0.4, -0.2) is 9.13 Å². The summed E-state index contributed by atoms with van der Waals surface area (Å²) in [5.41, 5.74) is 25.0. The van der Waals surface area contributed by atoms with E-state index < -0.39 is 0 Å². The second kappa shape index (κ2) is 21.1. The van der Waals surface area contributed by atoms with E-state index in [0.717, 1.165) is 11.4 Å². The van der Waals surface area contributed by atoms with Crippen molar-refractivity contribution in [3.8, 4) is 56.1 Å².